The number of carboxylic acid groups (broad SMARTS) is 1. The van der Waals surface area contributed by atoms with E-state index >= 15 is 0 Å². The van der Waals surface area contributed by atoms with Gasteiger partial charge in [0.1, 0.15) is 10.9 Å². The largest absolute Gasteiger partial charge is 0.480 e. The molecule has 8 heteroatoms. The lowest BCUT2D eigenvalue weighted by Crippen LogP contribution is -2.40. The Morgan fingerprint density at radius 1 is 1.50 bits per heavy atom. The number of hydrogen-bond donors (Lipinski definition) is 2. The molecule has 0 aliphatic carbocycles. The van der Waals surface area contributed by atoms with E-state index in [1.54, 1.807) is 13.0 Å². The van der Waals surface area contributed by atoms with Crippen LogP contribution in [0.5, 0.6) is 0 Å². The second kappa shape index (κ2) is 6.58. The smallest absolute Gasteiger partial charge is 0.322 e. The maximum absolute atomic E-state index is 12.1. The number of aliphatic carboxylic acids is 1. The van der Waals surface area contributed by atoms with E-state index in [2.05, 4.69) is 6.58 Å². The monoisotopic (exact) mass is 337 g/mol. The lowest BCUT2D eigenvalue weighted by atomic mass is 10.2. The van der Waals surface area contributed by atoms with E-state index in [1.807, 2.05) is 4.72 Å². The molecule has 5 nitrogen and oxygen atoms in total. The number of nitrogens with one attached hydrogen (secondary N) is 1. The molecule has 2 N–H and O–H groups in total. The molecule has 0 saturated carbocycles. The molecule has 0 aliphatic rings. The fraction of sp³-hybridized carbons (Fsp3) is 0.250. The molecule has 0 bridgehead atoms. The molecule has 1 aromatic carbocycles. The summed E-state index contributed by atoms with van der Waals surface area (Å²) in [6, 6.07) is 2.96. The molecule has 1 unspecified atom stereocenters. The summed E-state index contributed by atoms with van der Waals surface area (Å²) in [4.78, 5) is 10.8. The van der Waals surface area contributed by atoms with Gasteiger partial charge in [-0.2, -0.15) is 4.72 Å². The number of rotatable bonds is 6. The molecule has 1 atom stereocenters. The summed E-state index contributed by atoms with van der Waals surface area (Å²) in [5.74, 6) is -1.35. The van der Waals surface area contributed by atoms with E-state index in [1.165, 1.54) is 12.1 Å². The molecule has 110 valence electrons. The van der Waals surface area contributed by atoms with Crippen LogP contribution in [-0.2, 0) is 14.8 Å². The van der Waals surface area contributed by atoms with Crippen molar-refractivity contribution in [3.63, 3.8) is 0 Å². The third-order valence-corrected chi connectivity index (χ3v) is 4.51. The summed E-state index contributed by atoms with van der Waals surface area (Å²) in [7, 11) is -4.06. The van der Waals surface area contributed by atoms with Gasteiger partial charge in [-0.1, -0.05) is 35.8 Å². The van der Waals surface area contributed by atoms with E-state index in [0.717, 1.165) is 5.56 Å². The van der Waals surface area contributed by atoms with Gasteiger partial charge in [0.05, 0.1) is 5.02 Å². The molecule has 1 rings (SSSR count). The van der Waals surface area contributed by atoms with Gasteiger partial charge in [-0.15, -0.1) is 0 Å². The first-order valence-electron chi connectivity index (χ1n) is 5.48. The van der Waals surface area contributed by atoms with Crippen LogP contribution < -0.4 is 4.72 Å². The molecule has 0 heterocycles. The predicted octanol–water partition coefficient (Wildman–Crippen LogP) is 2.52. The summed E-state index contributed by atoms with van der Waals surface area (Å²) < 4.78 is 26.3. The molecule has 0 saturated heterocycles. The number of halogens is 2. The van der Waals surface area contributed by atoms with Crippen LogP contribution in [-0.4, -0.2) is 25.5 Å². The second-order valence-corrected chi connectivity index (χ2v) is 6.79. The van der Waals surface area contributed by atoms with Crippen molar-refractivity contribution in [3.8, 4) is 0 Å². The fourth-order valence-electron chi connectivity index (χ4n) is 1.48. The van der Waals surface area contributed by atoms with Crippen molar-refractivity contribution in [2.24, 2.45) is 0 Å². The summed E-state index contributed by atoms with van der Waals surface area (Å²) in [5, 5.41) is 9.04. The van der Waals surface area contributed by atoms with Crippen molar-refractivity contribution in [1.82, 2.24) is 4.72 Å². The minimum absolute atomic E-state index is 0.0198. The van der Waals surface area contributed by atoms with E-state index in [-0.39, 0.29) is 21.4 Å². The van der Waals surface area contributed by atoms with Gasteiger partial charge in [0.2, 0.25) is 10.0 Å². The van der Waals surface area contributed by atoms with Gasteiger partial charge in [0, 0.05) is 11.5 Å². The summed E-state index contributed by atoms with van der Waals surface area (Å²) in [5.41, 5.74) is 0.790. The second-order valence-electron chi connectivity index (χ2n) is 4.17. The highest BCUT2D eigenvalue weighted by Gasteiger charge is 2.27. The van der Waals surface area contributed by atoms with Gasteiger partial charge in [-0.05, 0) is 24.6 Å². The standard InChI is InChI=1S/C12H13Cl2NO4S/c1-7-3-4-11(9(14)5-7)20(18,19)15-10(12(16)17)6-8(2)13/h3-5,10,15H,2,6H2,1H3,(H,16,17). The first-order chi connectivity index (χ1) is 9.13. The molecule has 0 aromatic heterocycles. The molecule has 20 heavy (non-hydrogen) atoms. The Kier molecular flexibility index (Phi) is 5.59. The Morgan fingerprint density at radius 3 is 2.55 bits per heavy atom. The fourth-order valence-corrected chi connectivity index (χ4v) is 3.42. The first-order valence-corrected chi connectivity index (χ1v) is 7.72. The topological polar surface area (TPSA) is 83.5 Å². The average molecular weight is 338 g/mol. The lowest BCUT2D eigenvalue weighted by Gasteiger charge is -2.15. The summed E-state index contributed by atoms with van der Waals surface area (Å²) in [6.45, 7) is 5.11. The van der Waals surface area contributed by atoms with Crippen molar-refractivity contribution < 1.29 is 18.3 Å². The lowest BCUT2D eigenvalue weighted by molar-refractivity contribution is -0.138. The normalized spacial score (nSPS) is 12.9. The molecule has 0 amide bonds. The number of hydrogen-bond acceptors (Lipinski definition) is 3. The molecule has 0 fully saturated rings. The molecular formula is C12H13Cl2NO4S. The maximum Gasteiger partial charge on any atom is 0.322 e. The van der Waals surface area contributed by atoms with Crippen LogP contribution in [0.3, 0.4) is 0 Å². The minimum atomic E-state index is -4.06. The van der Waals surface area contributed by atoms with Crippen LogP contribution in [0.1, 0.15) is 12.0 Å². The Hall–Kier alpha value is -1.08. The third-order valence-electron chi connectivity index (χ3n) is 2.40. The van der Waals surface area contributed by atoms with Gasteiger partial charge in [0.15, 0.2) is 0 Å². The Labute approximate surface area is 127 Å². The molecule has 0 aliphatic heterocycles. The van der Waals surface area contributed by atoms with Gasteiger partial charge in [0.25, 0.3) is 0 Å². The molecule has 0 radical (unpaired) electrons. The Bertz CT molecular complexity index is 643. The zero-order valence-corrected chi connectivity index (χ0v) is 12.9. The number of carbonyl (C=O) groups is 1. The van der Waals surface area contributed by atoms with Crippen molar-refractivity contribution >= 4 is 39.2 Å². The van der Waals surface area contributed by atoms with E-state index in [4.69, 9.17) is 28.3 Å². The van der Waals surface area contributed by atoms with Crippen molar-refractivity contribution in [2.75, 3.05) is 0 Å². The van der Waals surface area contributed by atoms with Crippen LogP contribution in [0.4, 0.5) is 0 Å². The van der Waals surface area contributed by atoms with Crippen LogP contribution in [0, 0.1) is 6.92 Å². The number of aryl methyl sites for hydroxylation is 1. The van der Waals surface area contributed by atoms with E-state index in [9.17, 15) is 13.2 Å². The van der Waals surface area contributed by atoms with Crippen LogP contribution >= 0.6 is 23.2 Å². The molecule has 1 aromatic rings. The highest BCUT2D eigenvalue weighted by atomic mass is 35.5. The van der Waals surface area contributed by atoms with Crippen molar-refractivity contribution in [2.45, 2.75) is 24.3 Å². The van der Waals surface area contributed by atoms with Crippen LogP contribution in [0.2, 0.25) is 5.02 Å². The highest BCUT2D eigenvalue weighted by Crippen LogP contribution is 2.23. The van der Waals surface area contributed by atoms with Crippen molar-refractivity contribution in [1.29, 1.82) is 0 Å². The zero-order chi connectivity index (χ0) is 15.5. The van der Waals surface area contributed by atoms with Crippen LogP contribution in [0.25, 0.3) is 0 Å². The third kappa shape index (κ3) is 4.49. The summed E-state index contributed by atoms with van der Waals surface area (Å²) in [6.07, 6.45) is -0.223. The highest BCUT2D eigenvalue weighted by molar-refractivity contribution is 7.89. The van der Waals surface area contributed by atoms with Crippen molar-refractivity contribution in [3.05, 3.63) is 40.4 Å². The summed E-state index contributed by atoms with van der Waals surface area (Å²) >= 11 is 11.4. The van der Waals surface area contributed by atoms with E-state index < -0.39 is 22.0 Å². The molecular weight excluding hydrogens is 325 g/mol. The van der Waals surface area contributed by atoms with Gasteiger partial charge < -0.3 is 5.11 Å². The quantitative estimate of drug-likeness (QED) is 0.835. The number of carboxylic acids is 1. The van der Waals surface area contributed by atoms with Crippen LogP contribution in [0.15, 0.2) is 34.7 Å². The number of sulfonamides is 1. The first kappa shape index (κ1) is 17.0. The zero-order valence-electron chi connectivity index (χ0n) is 10.6. The van der Waals surface area contributed by atoms with Gasteiger partial charge in [-0.3, -0.25) is 4.79 Å². The molecule has 0 spiro atoms. The van der Waals surface area contributed by atoms with Gasteiger partial charge >= 0.3 is 5.97 Å². The average Bonchev–Trinajstić information content (AvgIpc) is 2.26. The van der Waals surface area contributed by atoms with E-state index in [0.29, 0.717) is 0 Å². The Morgan fingerprint density at radius 2 is 2.10 bits per heavy atom. The minimum Gasteiger partial charge on any atom is -0.480 e. The predicted molar refractivity (Wildman–Crippen MR) is 77.5 cm³/mol. The van der Waals surface area contributed by atoms with Gasteiger partial charge in [-0.25, -0.2) is 8.42 Å². The number of benzene rings is 1. The maximum atomic E-state index is 12.1. The Balaban J connectivity index is 3.09. The SMILES string of the molecule is C=C(Cl)CC(NS(=O)(=O)c1ccc(C)cc1Cl)C(=O)O.